The second-order valence-electron chi connectivity index (χ2n) is 8.65. The molecule has 2 aliphatic rings. The molecule has 156 valence electrons. The fraction of sp³-hybridized carbons (Fsp3) is 0.591. The van der Waals surface area contributed by atoms with Gasteiger partial charge in [0.25, 0.3) is 5.91 Å². The summed E-state index contributed by atoms with van der Waals surface area (Å²) in [5, 5.41) is 3.00. The Morgan fingerprint density at radius 3 is 2.83 bits per heavy atom. The summed E-state index contributed by atoms with van der Waals surface area (Å²) < 4.78 is 8.60. The largest absolute Gasteiger partial charge is 0.352 e. The summed E-state index contributed by atoms with van der Waals surface area (Å²) in [7, 11) is 0. The predicted molar refractivity (Wildman–Crippen MR) is 112 cm³/mol. The van der Waals surface area contributed by atoms with Gasteiger partial charge in [-0.2, -0.15) is 0 Å². The van der Waals surface area contributed by atoms with Crippen LogP contribution < -0.4 is 5.32 Å². The van der Waals surface area contributed by atoms with Crippen LogP contribution in [-0.4, -0.2) is 51.1 Å². The normalized spacial score (nSPS) is 21.3. The van der Waals surface area contributed by atoms with Crippen LogP contribution in [0.2, 0.25) is 0 Å². The van der Waals surface area contributed by atoms with Crippen molar-refractivity contribution in [3.05, 3.63) is 42.2 Å². The predicted octanol–water partition coefficient (Wildman–Crippen LogP) is 2.96. The van der Waals surface area contributed by atoms with E-state index in [1.807, 2.05) is 31.5 Å². The number of carbonyl (C=O) groups excluding carboxylic acids is 1. The van der Waals surface area contributed by atoms with Crippen molar-refractivity contribution < 1.29 is 9.53 Å². The number of pyridine rings is 1. The number of aromatic nitrogens is 3. The summed E-state index contributed by atoms with van der Waals surface area (Å²) in [5.74, 6) is 1.55. The zero-order chi connectivity index (χ0) is 20.4. The van der Waals surface area contributed by atoms with Crippen LogP contribution in [0.5, 0.6) is 0 Å². The average Bonchev–Trinajstić information content (AvgIpc) is 3.19. The number of hydrogen-bond acceptors (Lipinski definition) is 5. The Kier molecular flexibility index (Phi) is 5.69. The molecule has 1 spiro atoms. The summed E-state index contributed by atoms with van der Waals surface area (Å²) in [6.45, 7) is 9.95. The maximum absolute atomic E-state index is 13.0. The molecule has 0 radical (unpaired) electrons. The molecule has 1 amide bonds. The zero-order valence-electron chi connectivity index (χ0n) is 17.6. The second kappa shape index (κ2) is 8.24. The van der Waals surface area contributed by atoms with E-state index in [0.717, 1.165) is 49.7 Å². The molecule has 1 saturated heterocycles. The summed E-state index contributed by atoms with van der Waals surface area (Å²) in [4.78, 5) is 24.4. The number of fused-ring (bicyclic) bond motifs is 2. The van der Waals surface area contributed by atoms with Gasteiger partial charge in [0.2, 0.25) is 0 Å². The van der Waals surface area contributed by atoms with Crippen LogP contribution in [0.25, 0.3) is 0 Å². The van der Waals surface area contributed by atoms with Crippen LogP contribution in [0, 0.1) is 12.8 Å². The topological polar surface area (TPSA) is 72.3 Å². The number of likely N-dealkylation sites (tertiary alicyclic amines) is 1. The molecule has 0 bridgehead atoms. The Morgan fingerprint density at radius 1 is 1.31 bits per heavy atom. The lowest BCUT2D eigenvalue weighted by Gasteiger charge is -2.45. The van der Waals surface area contributed by atoms with Crippen LogP contribution in [0.15, 0.2) is 30.7 Å². The van der Waals surface area contributed by atoms with E-state index in [9.17, 15) is 4.79 Å². The van der Waals surface area contributed by atoms with E-state index in [4.69, 9.17) is 4.74 Å². The number of nitrogens with zero attached hydrogens (tertiary/aromatic N) is 4. The first-order valence-corrected chi connectivity index (χ1v) is 10.6. The van der Waals surface area contributed by atoms with Gasteiger partial charge in [0, 0.05) is 31.7 Å². The van der Waals surface area contributed by atoms with Gasteiger partial charge in [-0.1, -0.05) is 13.8 Å². The summed E-state index contributed by atoms with van der Waals surface area (Å²) in [6.07, 6.45) is 7.88. The molecule has 0 aromatic carbocycles. The van der Waals surface area contributed by atoms with Crippen LogP contribution in [0.4, 0.5) is 5.69 Å². The lowest BCUT2D eigenvalue weighted by atomic mass is 9.88. The Labute approximate surface area is 172 Å². The molecule has 1 atom stereocenters. The number of aryl methyl sites for hydroxylation is 1. The fourth-order valence-corrected chi connectivity index (χ4v) is 4.28. The van der Waals surface area contributed by atoms with E-state index in [0.29, 0.717) is 12.5 Å². The molecule has 2 aromatic rings. The van der Waals surface area contributed by atoms with Gasteiger partial charge in [0.05, 0.1) is 17.9 Å². The van der Waals surface area contributed by atoms with Crippen molar-refractivity contribution in [1.29, 1.82) is 0 Å². The highest BCUT2D eigenvalue weighted by atomic mass is 16.5. The molecular formula is C22H31N5O2. The third kappa shape index (κ3) is 4.21. The molecule has 2 aromatic heterocycles. The first kappa shape index (κ1) is 20.0. The van der Waals surface area contributed by atoms with Gasteiger partial charge in [-0.3, -0.25) is 9.78 Å². The van der Waals surface area contributed by atoms with E-state index < -0.39 is 11.7 Å². The molecule has 7 heteroatoms. The highest BCUT2D eigenvalue weighted by Crippen LogP contribution is 2.40. The molecule has 0 aliphatic carbocycles. The third-order valence-corrected chi connectivity index (χ3v) is 6.10. The smallest absolute Gasteiger partial charge is 0.255 e. The molecule has 1 N–H and O–H groups in total. The Balaban J connectivity index is 1.48. The number of amides is 1. The second-order valence-corrected chi connectivity index (χ2v) is 8.65. The van der Waals surface area contributed by atoms with E-state index in [1.165, 1.54) is 6.42 Å². The molecule has 0 saturated carbocycles. The summed E-state index contributed by atoms with van der Waals surface area (Å²) >= 11 is 0. The molecule has 29 heavy (non-hydrogen) atoms. The van der Waals surface area contributed by atoms with Gasteiger partial charge in [-0.05, 0) is 50.8 Å². The molecule has 4 heterocycles. The van der Waals surface area contributed by atoms with E-state index >= 15 is 0 Å². The van der Waals surface area contributed by atoms with Gasteiger partial charge >= 0.3 is 0 Å². The molecule has 4 rings (SSSR count). The van der Waals surface area contributed by atoms with Crippen molar-refractivity contribution in [1.82, 2.24) is 19.4 Å². The van der Waals surface area contributed by atoms with Crippen molar-refractivity contribution in [2.24, 2.45) is 5.92 Å². The maximum atomic E-state index is 13.0. The van der Waals surface area contributed by atoms with Crippen LogP contribution in [0.1, 0.15) is 44.6 Å². The van der Waals surface area contributed by atoms with Crippen molar-refractivity contribution >= 4 is 11.6 Å². The molecular weight excluding hydrogens is 366 g/mol. The van der Waals surface area contributed by atoms with Gasteiger partial charge in [-0.25, -0.2) is 4.98 Å². The number of hydrogen-bond donors (Lipinski definition) is 1. The number of ether oxygens (including phenoxy) is 1. The number of anilines is 1. The highest BCUT2D eigenvalue weighted by Gasteiger charge is 2.47. The molecule has 2 aliphatic heterocycles. The Morgan fingerprint density at radius 2 is 2.10 bits per heavy atom. The van der Waals surface area contributed by atoms with Crippen LogP contribution >= 0.6 is 0 Å². The molecule has 1 fully saturated rings. The van der Waals surface area contributed by atoms with Crippen molar-refractivity contribution in [3.8, 4) is 0 Å². The average molecular weight is 398 g/mol. The van der Waals surface area contributed by atoms with Crippen molar-refractivity contribution in [2.75, 3.05) is 25.0 Å². The lowest BCUT2D eigenvalue weighted by Crippen LogP contribution is -2.53. The molecule has 1 unspecified atom stereocenters. The quantitative estimate of drug-likeness (QED) is 0.840. The van der Waals surface area contributed by atoms with E-state index in [-0.39, 0.29) is 5.91 Å². The monoisotopic (exact) mass is 397 g/mol. The first-order valence-electron chi connectivity index (χ1n) is 10.6. The number of piperidine rings is 1. The minimum atomic E-state index is -0.543. The van der Waals surface area contributed by atoms with Gasteiger partial charge < -0.3 is 19.5 Å². The lowest BCUT2D eigenvalue weighted by molar-refractivity contribution is -0.169. The highest BCUT2D eigenvalue weighted by molar-refractivity contribution is 5.94. The van der Waals surface area contributed by atoms with Crippen molar-refractivity contribution in [3.63, 3.8) is 0 Å². The minimum Gasteiger partial charge on any atom is -0.352 e. The van der Waals surface area contributed by atoms with Crippen LogP contribution in [0.3, 0.4) is 0 Å². The number of nitrogens with one attached hydrogen (secondary N) is 1. The van der Waals surface area contributed by atoms with Gasteiger partial charge in [0.1, 0.15) is 11.4 Å². The number of carbonyl (C=O) groups is 1. The SMILES string of the molecule is Cc1ncccc1NC(=O)C1Cn2ccnc2C2(CCN(CCC(C)C)CC2)O1. The van der Waals surface area contributed by atoms with Crippen molar-refractivity contribution in [2.45, 2.75) is 58.3 Å². The number of imidazole rings is 1. The van der Waals surface area contributed by atoms with Crippen LogP contribution in [-0.2, 0) is 21.7 Å². The maximum Gasteiger partial charge on any atom is 0.255 e. The minimum absolute atomic E-state index is 0.123. The Hall–Kier alpha value is -2.25. The Bertz CT molecular complexity index is 854. The summed E-state index contributed by atoms with van der Waals surface area (Å²) in [5.41, 5.74) is 1.05. The fourth-order valence-electron chi connectivity index (χ4n) is 4.28. The summed E-state index contributed by atoms with van der Waals surface area (Å²) in [6, 6.07) is 3.70. The zero-order valence-corrected chi connectivity index (χ0v) is 17.6. The van der Waals surface area contributed by atoms with E-state index in [2.05, 4.69) is 38.6 Å². The first-order chi connectivity index (χ1) is 14.0. The third-order valence-electron chi connectivity index (χ3n) is 6.10. The number of rotatable bonds is 5. The van der Waals surface area contributed by atoms with Gasteiger partial charge in [0.15, 0.2) is 6.10 Å². The standard InChI is InChI=1S/C22H31N5O2/c1-16(2)6-11-26-12-7-22(8-13-26)21-24-10-14-27(21)15-19(29-22)20(28)25-18-5-4-9-23-17(18)3/h4-5,9-10,14,16,19H,6-8,11-13,15H2,1-3H3,(H,25,28). The van der Waals surface area contributed by atoms with E-state index in [1.54, 1.807) is 6.20 Å². The molecule has 7 nitrogen and oxygen atoms in total. The van der Waals surface area contributed by atoms with Gasteiger partial charge in [-0.15, -0.1) is 0 Å².